The first-order valence-corrected chi connectivity index (χ1v) is 7.90. The van der Waals surface area contributed by atoms with Crippen molar-refractivity contribution in [3.05, 3.63) is 45.4 Å². The molecule has 1 aromatic heterocycles. The van der Waals surface area contributed by atoms with E-state index in [-0.39, 0.29) is 24.5 Å². The summed E-state index contributed by atoms with van der Waals surface area (Å²) >= 11 is 0. The molecule has 0 saturated heterocycles. The van der Waals surface area contributed by atoms with E-state index in [9.17, 15) is 4.79 Å². The Bertz CT molecular complexity index is 802. The van der Waals surface area contributed by atoms with Crippen molar-refractivity contribution in [3.63, 3.8) is 0 Å². The number of aryl methyl sites for hydroxylation is 1. The number of methoxy groups -OCH3 is 1. The summed E-state index contributed by atoms with van der Waals surface area (Å²) in [6, 6.07) is 5.48. The van der Waals surface area contributed by atoms with Crippen LogP contribution in [0.2, 0.25) is 0 Å². The number of anilines is 1. The third-order valence-electron chi connectivity index (χ3n) is 3.47. The Labute approximate surface area is 145 Å². The molecule has 2 rings (SSSR count). The molecule has 0 aliphatic rings. The average molecular weight is 346 g/mol. The molecule has 1 heterocycles. The summed E-state index contributed by atoms with van der Waals surface area (Å²) in [7, 11) is 1.56. The third-order valence-corrected chi connectivity index (χ3v) is 3.47. The van der Waals surface area contributed by atoms with Crippen LogP contribution in [0.25, 0.3) is 0 Å². The van der Waals surface area contributed by atoms with Gasteiger partial charge in [0.2, 0.25) is 5.95 Å². The summed E-state index contributed by atoms with van der Waals surface area (Å²) < 4.78 is 10.9. The van der Waals surface area contributed by atoms with Crippen LogP contribution in [0.15, 0.2) is 28.1 Å². The molecule has 8 heteroatoms. The van der Waals surface area contributed by atoms with E-state index in [2.05, 4.69) is 20.5 Å². The Morgan fingerprint density at radius 3 is 2.88 bits per heavy atom. The number of nitrogens with zero attached hydrogens (tertiary/aromatic N) is 2. The molecule has 25 heavy (non-hydrogen) atoms. The van der Waals surface area contributed by atoms with Gasteiger partial charge in [-0.25, -0.2) is 10.4 Å². The predicted molar refractivity (Wildman–Crippen MR) is 95.8 cm³/mol. The Balaban J connectivity index is 2.19. The Kier molecular flexibility index (Phi) is 6.53. The summed E-state index contributed by atoms with van der Waals surface area (Å²) in [4.78, 5) is 18.8. The first kappa shape index (κ1) is 18.5. The van der Waals surface area contributed by atoms with Crippen LogP contribution >= 0.6 is 0 Å². The first-order chi connectivity index (χ1) is 12.1. The van der Waals surface area contributed by atoms with Gasteiger partial charge in [0.15, 0.2) is 11.5 Å². The van der Waals surface area contributed by atoms with Crippen molar-refractivity contribution in [3.8, 4) is 11.5 Å². The van der Waals surface area contributed by atoms with Crippen LogP contribution in [-0.4, -0.2) is 41.6 Å². The van der Waals surface area contributed by atoms with Gasteiger partial charge in [0.1, 0.15) is 0 Å². The van der Waals surface area contributed by atoms with Gasteiger partial charge in [-0.3, -0.25) is 9.78 Å². The van der Waals surface area contributed by atoms with Crippen molar-refractivity contribution in [1.82, 2.24) is 9.97 Å². The van der Waals surface area contributed by atoms with Crippen LogP contribution in [0.3, 0.4) is 0 Å². The van der Waals surface area contributed by atoms with Gasteiger partial charge in [-0.2, -0.15) is 5.10 Å². The minimum Gasteiger partial charge on any atom is -0.492 e. The summed E-state index contributed by atoms with van der Waals surface area (Å²) in [6.45, 7) is 4.03. The van der Waals surface area contributed by atoms with E-state index in [4.69, 9.17) is 14.6 Å². The molecule has 8 nitrogen and oxygen atoms in total. The predicted octanol–water partition coefficient (Wildman–Crippen LogP) is 1.47. The fraction of sp³-hybridized carbons (Fsp3) is 0.353. The number of aliphatic hydroxyl groups excluding tert-OH is 1. The number of hydrogen-bond donors (Lipinski definition) is 3. The van der Waals surface area contributed by atoms with Gasteiger partial charge < -0.3 is 14.6 Å². The highest BCUT2D eigenvalue weighted by atomic mass is 16.5. The van der Waals surface area contributed by atoms with Gasteiger partial charge in [0.25, 0.3) is 5.56 Å². The number of hydrazone groups is 1. The molecule has 0 bridgehead atoms. The highest BCUT2D eigenvalue weighted by Gasteiger charge is 2.09. The van der Waals surface area contributed by atoms with Gasteiger partial charge in [-0.05, 0) is 26.0 Å². The zero-order valence-electron chi connectivity index (χ0n) is 14.5. The highest BCUT2D eigenvalue weighted by Crippen LogP contribution is 2.29. The molecule has 0 saturated carbocycles. The quantitative estimate of drug-likeness (QED) is 0.493. The number of aliphatic hydroxyl groups is 1. The summed E-state index contributed by atoms with van der Waals surface area (Å²) in [6.07, 6.45) is 1.82. The van der Waals surface area contributed by atoms with Gasteiger partial charge >= 0.3 is 0 Å². The lowest BCUT2D eigenvalue weighted by Gasteiger charge is -2.11. The van der Waals surface area contributed by atoms with Gasteiger partial charge in [-0.15, -0.1) is 0 Å². The van der Waals surface area contributed by atoms with E-state index in [0.717, 1.165) is 5.56 Å². The molecule has 0 unspecified atom stereocenters. The highest BCUT2D eigenvalue weighted by molar-refractivity contribution is 5.85. The monoisotopic (exact) mass is 346 g/mol. The van der Waals surface area contributed by atoms with Crippen LogP contribution in [0.5, 0.6) is 11.5 Å². The lowest BCUT2D eigenvalue weighted by molar-refractivity contribution is 0.298. The molecular formula is C17H22N4O4. The Morgan fingerprint density at radius 1 is 1.44 bits per heavy atom. The lowest BCUT2D eigenvalue weighted by atomic mass is 10.2. The van der Waals surface area contributed by atoms with E-state index in [1.165, 1.54) is 0 Å². The fourth-order valence-corrected chi connectivity index (χ4v) is 2.35. The molecule has 2 aromatic rings. The molecular weight excluding hydrogens is 324 g/mol. The van der Waals surface area contributed by atoms with E-state index in [1.54, 1.807) is 20.2 Å². The van der Waals surface area contributed by atoms with Gasteiger partial charge in [-0.1, -0.05) is 6.07 Å². The molecule has 1 aromatic carbocycles. The maximum Gasteiger partial charge on any atom is 0.255 e. The van der Waals surface area contributed by atoms with Crippen LogP contribution in [0, 0.1) is 6.92 Å². The van der Waals surface area contributed by atoms with Crippen molar-refractivity contribution < 1.29 is 14.6 Å². The minimum absolute atomic E-state index is 0.105. The van der Waals surface area contributed by atoms with Crippen molar-refractivity contribution in [2.45, 2.75) is 20.3 Å². The number of aromatic amines is 1. The second-order valence-electron chi connectivity index (χ2n) is 5.13. The second-order valence-corrected chi connectivity index (χ2v) is 5.13. The first-order valence-electron chi connectivity index (χ1n) is 7.90. The van der Waals surface area contributed by atoms with Crippen molar-refractivity contribution >= 4 is 12.2 Å². The maximum atomic E-state index is 12.0. The molecule has 134 valence electrons. The number of aromatic nitrogens is 2. The standard InChI is InChI=1S/C17H22N4O4/c1-4-25-14-7-5-6-12(15(14)24-3)10-18-21-17-19-11(2)13(8-9-22)16(23)20-17/h5-7,10,22H,4,8-9H2,1-3H3,(H2,19,20,21,23)/b18-10-. The van der Waals surface area contributed by atoms with Gasteiger partial charge in [0, 0.05) is 24.2 Å². The number of ether oxygens (including phenoxy) is 2. The average Bonchev–Trinajstić information content (AvgIpc) is 2.59. The molecule has 0 aliphatic heterocycles. The molecule has 0 radical (unpaired) electrons. The topological polar surface area (TPSA) is 109 Å². The summed E-state index contributed by atoms with van der Waals surface area (Å²) in [5, 5.41) is 13.1. The SMILES string of the molecule is CCOc1cccc(/C=N\Nc2nc(C)c(CCO)c(=O)[nH]2)c1OC. The molecule has 0 spiro atoms. The number of benzene rings is 1. The molecule has 3 N–H and O–H groups in total. The molecule has 0 aliphatic carbocycles. The van der Waals surface area contributed by atoms with E-state index < -0.39 is 0 Å². The Morgan fingerprint density at radius 2 is 2.24 bits per heavy atom. The number of H-pyrrole nitrogens is 1. The van der Waals surface area contributed by atoms with Crippen LogP contribution < -0.4 is 20.5 Å². The van der Waals surface area contributed by atoms with Crippen LogP contribution in [0.4, 0.5) is 5.95 Å². The van der Waals surface area contributed by atoms with Crippen molar-refractivity contribution in [2.24, 2.45) is 5.10 Å². The Hall–Kier alpha value is -2.87. The van der Waals surface area contributed by atoms with E-state index in [1.807, 2.05) is 25.1 Å². The zero-order valence-corrected chi connectivity index (χ0v) is 14.5. The van der Waals surface area contributed by atoms with E-state index >= 15 is 0 Å². The fourth-order valence-electron chi connectivity index (χ4n) is 2.35. The number of para-hydroxylation sites is 1. The number of rotatable bonds is 8. The number of hydrogen-bond acceptors (Lipinski definition) is 7. The zero-order chi connectivity index (χ0) is 18.2. The largest absolute Gasteiger partial charge is 0.492 e. The molecule has 0 amide bonds. The lowest BCUT2D eigenvalue weighted by Crippen LogP contribution is -2.19. The van der Waals surface area contributed by atoms with Crippen LogP contribution in [0.1, 0.15) is 23.7 Å². The maximum absolute atomic E-state index is 12.0. The molecule has 0 atom stereocenters. The van der Waals surface area contributed by atoms with Crippen molar-refractivity contribution in [2.75, 3.05) is 25.7 Å². The third kappa shape index (κ3) is 4.57. The van der Waals surface area contributed by atoms with Crippen molar-refractivity contribution in [1.29, 1.82) is 0 Å². The summed E-state index contributed by atoms with van der Waals surface area (Å²) in [5.41, 5.74) is 4.12. The van der Waals surface area contributed by atoms with E-state index in [0.29, 0.717) is 29.4 Å². The summed E-state index contributed by atoms with van der Waals surface area (Å²) in [5.74, 6) is 1.43. The van der Waals surface area contributed by atoms with Crippen LogP contribution in [-0.2, 0) is 6.42 Å². The molecule has 0 fully saturated rings. The smallest absolute Gasteiger partial charge is 0.255 e. The normalized spacial score (nSPS) is 10.9. The van der Waals surface area contributed by atoms with Gasteiger partial charge in [0.05, 0.1) is 25.6 Å². The second kappa shape index (κ2) is 8.84. The number of nitrogens with one attached hydrogen (secondary N) is 2. The minimum atomic E-state index is -0.296.